The van der Waals surface area contributed by atoms with Gasteiger partial charge < -0.3 is 0 Å². The predicted molar refractivity (Wildman–Crippen MR) is 137 cm³/mol. The third kappa shape index (κ3) is 3.44. The van der Waals surface area contributed by atoms with Crippen molar-refractivity contribution in [2.45, 2.75) is 50.7 Å². The molecule has 0 atom stereocenters. The van der Waals surface area contributed by atoms with E-state index in [-0.39, 0.29) is 0 Å². The van der Waals surface area contributed by atoms with Gasteiger partial charge in [0.25, 0.3) is 0 Å². The van der Waals surface area contributed by atoms with Gasteiger partial charge in [0, 0.05) is 23.0 Å². The predicted octanol–water partition coefficient (Wildman–Crippen LogP) is 8.41. The van der Waals surface area contributed by atoms with Crippen LogP contribution >= 0.6 is 23.5 Å². The van der Waals surface area contributed by atoms with Crippen LogP contribution in [0.25, 0.3) is 21.5 Å². The molecule has 0 radical (unpaired) electrons. The molecule has 2 heterocycles. The Morgan fingerprint density at radius 2 is 0.867 bits per heavy atom. The van der Waals surface area contributed by atoms with Crippen molar-refractivity contribution in [3.8, 4) is 0 Å². The molecule has 0 aliphatic carbocycles. The summed E-state index contributed by atoms with van der Waals surface area (Å²) in [7, 11) is 0. The second-order valence-electron chi connectivity index (χ2n) is 8.62. The van der Waals surface area contributed by atoms with Crippen LogP contribution in [-0.4, -0.2) is 0 Å². The second kappa shape index (κ2) is 7.98. The van der Waals surface area contributed by atoms with Crippen molar-refractivity contribution in [1.82, 2.24) is 0 Å². The summed E-state index contributed by atoms with van der Waals surface area (Å²) in [5.41, 5.74) is 11.9. The maximum Gasteiger partial charge on any atom is 0.0193 e. The Bertz CT molecular complexity index is 1150. The highest BCUT2D eigenvalue weighted by atomic mass is 32.2. The fraction of sp³-hybridized carbons (Fsp3) is 0.286. The number of fused-ring (bicyclic) bond motifs is 6. The van der Waals surface area contributed by atoms with Crippen molar-refractivity contribution in [1.29, 1.82) is 0 Å². The first-order chi connectivity index (χ1) is 14.5. The average Bonchev–Trinajstić information content (AvgIpc) is 2.76. The van der Waals surface area contributed by atoms with Crippen molar-refractivity contribution in [3.63, 3.8) is 0 Å². The molecule has 0 unspecified atom stereocenters. The molecule has 152 valence electrons. The van der Waals surface area contributed by atoms with Crippen LogP contribution < -0.4 is 0 Å². The molecule has 2 aliphatic heterocycles. The first kappa shape index (κ1) is 20.0. The summed E-state index contributed by atoms with van der Waals surface area (Å²) in [5, 5.41) is 5.48. The maximum absolute atomic E-state index is 2.42. The van der Waals surface area contributed by atoms with Gasteiger partial charge in [-0.2, -0.15) is 23.5 Å². The first-order valence-corrected chi connectivity index (χ1v) is 13.0. The fourth-order valence-electron chi connectivity index (χ4n) is 4.77. The summed E-state index contributed by atoms with van der Waals surface area (Å²) in [5.74, 6) is 4.29. The highest BCUT2D eigenvalue weighted by molar-refractivity contribution is 7.98. The minimum absolute atomic E-state index is 1.06. The number of hydrogen-bond donors (Lipinski definition) is 0. The Morgan fingerprint density at radius 1 is 0.500 bits per heavy atom. The van der Waals surface area contributed by atoms with Crippen LogP contribution in [0.3, 0.4) is 0 Å². The van der Waals surface area contributed by atoms with E-state index in [4.69, 9.17) is 0 Å². The molecule has 0 fully saturated rings. The summed E-state index contributed by atoms with van der Waals surface area (Å²) >= 11 is 4.09. The van der Waals surface area contributed by atoms with E-state index in [2.05, 4.69) is 76.2 Å². The molecule has 30 heavy (non-hydrogen) atoms. The lowest BCUT2D eigenvalue weighted by Crippen LogP contribution is -2.04. The Morgan fingerprint density at radius 3 is 1.27 bits per heavy atom. The van der Waals surface area contributed by atoms with E-state index in [1.54, 1.807) is 11.1 Å². The molecule has 0 nitrogen and oxygen atoms in total. The van der Waals surface area contributed by atoms with Crippen molar-refractivity contribution in [2.75, 3.05) is 0 Å². The topological polar surface area (TPSA) is 0 Å². The molecular formula is C28H28S2. The summed E-state index contributed by atoms with van der Waals surface area (Å²) < 4.78 is 0. The van der Waals surface area contributed by atoms with Crippen LogP contribution in [0.5, 0.6) is 0 Å². The lowest BCUT2D eigenvalue weighted by atomic mass is 9.90. The van der Waals surface area contributed by atoms with E-state index >= 15 is 0 Å². The van der Waals surface area contributed by atoms with Gasteiger partial charge in [-0.1, -0.05) is 36.4 Å². The molecule has 2 heteroatoms. The average molecular weight is 429 g/mol. The molecule has 4 aromatic rings. The summed E-state index contributed by atoms with van der Waals surface area (Å²) in [6.45, 7) is 9.30. The van der Waals surface area contributed by atoms with E-state index in [1.165, 1.54) is 54.9 Å². The molecular weight excluding hydrogens is 400 g/mol. The second-order valence-corrected chi connectivity index (χ2v) is 10.6. The quantitative estimate of drug-likeness (QED) is 0.258. The maximum atomic E-state index is 2.42. The largest absolute Gasteiger partial charge is 0.152 e. The normalized spacial score (nSPS) is 14.5. The molecule has 0 aromatic heterocycles. The van der Waals surface area contributed by atoms with Crippen LogP contribution in [0.15, 0.2) is 48.5 Å². The zero-order valence-electron chi connectivity index (χ0n) is 18.3. The Balaban J connectivity index is 1.65. The van der Waals surface area contributed by atoms with E-state index in [9.17, 15) is 0 Å². The molecule has 4 aromatic carbocycles. The summed E-state index contributed by atoms with van der Waals surface area (Å²) in [4.78, 5) is 0. The van der Waals surface area contributed by atoms with E-state index in [0.717, 1.165) is 23.0 Å². The van der Waals surface area contributed by atoms with Gasteiger partial charge in [0.2, 0.25) is 0 Å². The van der Waals surface area contributed by atoms with Gasteiger partial charge in [-0.25, -0.2) is 0 Å². The summed E-state index contributed by atoms with van der Waals surface area (Å²) in [6, 6.07) is 18.6. The monoisotopic (exact) mass is 428 g/mol. The first-order valence-electron chi connectivity index (χ1n) is 10.7. The standard InChI is InChI=1S/C28H28S2/c1-17-18(2)28-16-30-14-22-6-8-24-10-9-23-7-5-21(11-25(23)26(24)12-22)13-29-15-27(17)19(3)20(28)4/h5-12H,13-16H2,1-4H3. The smallest absolute Gasteiger partial charge is 0.0193 e. The SMILES string of the molecule is Cc1c(C)c2c(C)c(C)c1CSCc1ccc3ccc4ccc(cc4c3c1)CSC2. The van der Waals surface area contributed by atoms with Gasteiger partial charge in [0.05, 0.1) is 0 Å². The number of hydrogen-bond acceptors (Lipinski definition) is 2. The minimum atomic E-state index is 1.06. The Kier molecular flexibility index (Phi) is 5.33. The minimum Gasteiger partial charge on any atom is -0.152 e. The Hall–Kier alpha value is -1.90. The van der Waals surface area contributed by atoms with Crippen molar-refractivity contribution < 1.29 is 0 Å². The molecule has 2 aliphatic rings. The van der Waals surface area contributed by atoms with Crippen LogP contribution in [0, 0.1) is 27.7 Å². The van der Waals surface area contributed by atoms with E-state index in [0.29, 0.717) is 0 Å². The van der Waals surface area contributed by atoms with Crippen molar-refractivity contribution in [3.05, 3.63) is 93.0 Å². The molecule has 0 spiro atoms. The highest BCUT2D eigenvalue weighted by Crippen LogP contribution is 2.35. The third-order valence-corrected chi connectivity index (χ3v) is 8.99. The molecule has 0 saturated heterocycles. The zero-order valence-corrected chi connectivity index (χ0v) is 19.9. The van der Waals surface area contributed by atoms with Gasteiger partial charge in [0.15, 0.2) is 0 Å². The number of thioether (sulfide) groups is 2. The van der Waals surface area contributed by atoms with Crippen LogP contribution in [0.2, 0.25) is 0 Å². The van der Waals surface area contributed by atoms with E-state index < -0.39 is 0 Å². The molecule has 0 amide bonds. The number of rotatable bonds is 0. The van der Waals surface area contributed by atoms with Crippen LogP contribution in [0.1, 0.15) is 44.5 Å². The van der Waals surface area contributed by atoms with E-state index in [1.807, 2.05) is 23.5 Å². The summed E-state index contributed by atoms with van der Waals surface area (Å²) in [6.07, 6.45) is 0. The highest BCUT2D eigenvalue weighted by Gasteiger charge is 2.15. The van der Waals surface area contributed by atoms with Crippen LogP contribution in [-0.2, 0) is 23.0 Å². The van der Waals surface area contributed by atoms with Crippen molar-refractivity contribution >= 4 is 45.1 Å². The Labute approximate surface area is 188 Å². The lowest BCUT2D eigenvalue weighted by Gasteiger charge is -2.21. The fourth-order valence-corrected chi connectivity index (χ4v) is 7.07. The molecule has 6 bridgehead atoms. The van der Waals surface area contributed by atoms with Gasteiger partial charge in [-0.15, -0.1) is 0 Å². The van der Waals surface area contributed by atoms with Gasteiger partial charge >= 0.3 is 0 Å². The molecule has 6 rings (SSSR count). The molecule has 0 N–H and O–H groups in total. The van der Waals surface area contributed by atoms with Crippen LogP contribution in [0.4, 0.5) is 0 Å². The molecule has 0 saturated carbocycles. The van der Waals surface area contributed by atoms with Gasteiger partial charge in [0.1, 0.15) is 0 Å². The number of benzene rings is 4. The van der Waals surface area contributed by atoms with Gasteiger partial charge in [-0.3, -0.25) is 0 Å². The lowest BCUT2D eigenvalue weighted by molar-refractivity contribution is 1.11. The van der Waals surface area contributed by atoms with Crippen molar-refractivity contribution in [2.24, 2.45) is 0 Å². The zero-order chi connectivity index (χ0) is 20.8. The van der Waals surface area contributed by atoms with Gasteiger partial charge in [-0.05, 0) is 106 Å². The third-order valence-electron chi connectivity index (χ3n) is 6.93.